The molecule has 5 nitrogen and oxygen atoms in total. The summed E-state index contributed by atoms with van der Waals surface area (Å²) in [5.41, 5.74) is 2.81. The number of para-hydroxylation sites is 1. The van der Waals surface area contributed by atoms with Crippen molar-refractivity contribution in [2.45, 2.75) is 13.5 Å². The molecule has 2 aromatic carbocycles. The molecule has 0 unspecified atom stereocenters. The lowest BCUT2D eigenvalue weighted by Gasteiger charge is -2.17. The van der Waals surface area contributed by atoms with Gasteiger partial charge in [-0.15, -0.1) is 0 Å². The highest BCUT2D eigenvalue weighted by Gasteiger charge is 2.13. The maximum absolute atomic E-state index is 5.67. The van der Waals surface area contributed by atoms with E-state index in [1.807, 2.05) is 62.5 Å². The van der Waals surface area contributed by atoms with Crippen molar-refractivity contribution >= 4 is 5.69 Å². The summed E-state index contributed by atoms with van der Waals surface area (Å²) < 4.78 is 16.5. The van der Waals surface area contributed by atoms with E-state index in [2.05, 4.69) is 9.88 Å². The first-order chi connectivity index (χ1) is 12.2. The largest absolute Gasteiger partial charge is 0.497 e. The third-order valence-corrected chi connectivity index (χ3v) is 3.88. The van der Waals surface area contributed by atoms with Crippen LogP contribution in [0, 0.1) is 0 Å². The second-order valence-electron chi connectivity index (χ2n) is 5.63. The number of methoxy groups -OCH3 is 1. The molecule has 0 spiro atoms. The Balaban J connectivity index is 1.75. The van der Waals surface area contributed by atoms with Crippen LogP contribution in [-0.2, 0) is 6.54 Å². The molecule has 0 aliphatic heterocycles. The standard InChI is InChI=1S/C20H22N2O3/c1-4-24-19-8-6-5-7-18(19)20-21-15(14-25-20)13-22(2)16-9-11-17(23-3)12-10-16/h5-12,14H,4,13H2,1-3H3. The zero-order valence-electron chi connectivity index (χ0n) is 14.7. The fourth-order valence-corrected chi connectivity index (χ4v) is 2.60. The minimum Gasteiger partial charge on any atom is -0.497 e. The van der Waals surface area contributed by atoms with Crippen LogP contribution in [0.1, 0.15) is 12.6 Å². The molecule has 130 valence electrons. The fraction of sp³-hybridized carbons (Fsp3) is 0.250. The molecule has 0 radical (unpaired) electrons. The lowest BCUT2D eigenvalue weighted by atomic mass is 10.2. The monoisotopic (exact) mass is 338 g/mol. The Bertz CT molecular complexity index is 812. The number of rotatable bonds is 7. The van der Waals surface area contributed by atoms with Crippen LogP contribution in [0.5, 0.6) is 11.5 Å². The van der Waals surface area contributed by atoms with Crippen LogP contribution in [0.2, 0.25) is 0 Å². The Morgan fingerprint density at radius 1 is 1.08 bits per heavy atom. The van der Waals surface area contributed by atoms with Gasteiger partial charge in [-0.25, -0.2) is 4.98 Å². The van der Waals surface area contributed by atoms with Gasteiger partial charge < -0.3 is 18.8 Å². The lowest BCUT2D eigenvalue weighted by molar-refractivity contribution is 0.340. The summed E-state index contributed by atoms with van der Waals surface area (Å²) in [6, 6.07) is 15.7. The van der Waals surface area contributed by atoms with Gasteiger partial charge in [-0.3, -0.25) is 0 Å². The highest BCUT2D eigenvalue weighted by atomic mass is 16.5. The molecule has 1 aromatic heterocycles. The fourth-order valence-electron chi connectivity index (χ4n) is 2.60. The van der Waals surface area contributed by atoms with E-state index in [1.165, 1.54) is 0 Å². The summed E-state index contributed by atoms with van der Waals surface area (Å²) in [7, 11) is 3.68. The summed E-state index contributed by atoms with van der Waals surface area (Å²) in [6.45, 7) is 3.21. The molecule has 25 heavy (non-hydrogen) atoms. The Morgan fingerprint density at radius 2 is 1.84 bits per heavy atom. The van der Waals surface area contributed by atoms with Gasteiger partial charge in [-0.2, -0.15) is 0 Å². The van der Waals surface area contributed by atoms with Gasteiger partial charge in [0.2, 0.25) is 5.89 Å². The van der Waals surface area contributed by atoms with Crippen molar-refractivity contribution < 1.29 is 13.9 Å². The third kappa shape index (κ3) is 3.94. The number of oxazole rings is 1. The van der Waals surface area contributed by atoms with Gasteiger partial charge in [0.15, 0.2) is 0 Å². The molecular weight excluding hydrogens is 316 g/mol. The second-order valence-corrected chi connectivity index (χ2v) is 5.63. The smallest absolute Gasteiger partial charge is 0.229 e. The Labute approximate surface area is 147 Å². The van der Waals surface area contributed by atoms with Crippen LogP contribution in [0.25, 0.3) is 11.5 Å². The first kappa shape index (κ1) is 16.9. The molecule has 5 heteroatoms. The van der Waals surface area contributed by atoms with Crippen molar-refractivity contribution in [3.05, 3.63) is 60.5 Å². The number of hydrogen-bond donors (Lipinski definition) is 0. The van der Waals surface area contributed by atoms with E-state index in [4.69, 9.17) is 13.9 Å². The number of benzene rings is 2. The third-order valence-electron chi connectivity index (χ3n) is 3.88. The molecule has 0 saturated carbocycles. The molecule has 1 heterocycles. The molecular formula is C20H22N2O3. The van der Waals surface area contributed by atoms with Crippen LogP contribution in [-0.4, -0.2) is 25.7 Å². The first-order valence-corrected chi connectivity index (χ1v) is 8.23. The summed E-state index contributed by atoms with van der Waals surface area (Å²) in [4.78, 5) is 6.72. The molecule has 3 rings (SSSR count). The van der Waals surface area contributed by atoms with Crippen molar-refractivity contribution in [3.63, 3.8) is 0 Å². The zero-order valence-corrected chi connectivity index (χ0v) is 14.7. The summed E-state index contributed by atoms with van der Waals surface area (Å²) >= 11 is 0. The van der Waals surface area contributed by atoms with E-state index in [0.29, 0.717) is 19.0 Å². The predicted molar refractivity (Wildman–Crippen MR) is 98.2 cm³/mol. The van der Waals surface area contributed by atoms with Crippen molar-refractivity contribution in [2.75, 3.05) is 25.7 Å². The lowest BCUT2D eigenvalue weighted by Crippen LogP contribution is -2.16. The molecule has 0 amide bonds. The maximum Gasteiger partial charge on any atom is 0.229 e. The quantitative estimate of drug-likeness (QED) is 0.639. The molecule has 0 atom stereocenters. The Hall–Kier alpha value is -2.95. The summed E-state index contributed by atoms with van der Waals surface area (Å²) in [6.07, 6.45) is 1.69. The number of anilines is 1. The van der Waals surface area contributed by atoms with Gasteiger partial charge in [0, 0.05) is 12.7 Å². The Kier molecular flexibility index (Phi) is 5.23. The molecule has 0 bridgehead atoms. The van der Waals surface area contributed by atoms with Gasteiger partial charge in [-0.05, 0) is 43.3 Å². The van der Waals surface area contributed by atoms with Crippen LogP contribution in [0.3, 0.4) is 0 Å². The van der Waals surface area contributed by atoms with Crippen molar-refractivity contribution in [1.29, 1.82) is 0 Å². The minimum absolute atomic E-state index is 0.571. The zero-order chi connectivity index (χ0) is 17.6. The number of ether oxygens (including phenoxy) is 2. The average molecular weight is 338 g/mol. The molecule has 0 aliphatic carbocycles. The second kappa shape index (κ2) is 7.75. The van der Waals surface area contributed by atoms with E-state index in [-0.39, 0.29) is 0 Å². The number of aromatic nitrogens is 1. The van der Waals surface area contributed by atoms with E-state index in [1.54, 1.807) is 13.4 Å². The Morgan fingerprint density at radius 3 is 2.56 bits per heavy atom. The van der Waals surface area contributed by atoms with Crippen LogP contribution >= 0.6 is 0 Å². The van der Waals surface area contributed by atoms with E-state index < -0.39 is 0 Å². The maximum atomic E-state index is 5.67. The minimum atomic E-state index is 0.571. The number of hydrogen-bond acceptors (Lipinski definition) is 5. The molecule has 0 N–H and O–H groups in total. The molecule has 0 aliphatic rings. The highest BCUT2D eigenvalue weighted by molar-refractivity contribution is 5.62. The van der Waals surface area contributed by atoms with E-state index in [9.17, 15) is 0 Å². The first-order valence-electron chi connectivity index (χ1n) is 8.23. The van der Waals surface area contributed by atoms with Crippen LogP contribution in [0.4, 0.5) is 5.69 Å². The van der Waals surface area contributed by atoms with Crippen molar-refractivity contribution in [3.8, 4) is 23.0 Å². The molecule has 0 fully saturated rings. The SMILES string of the molecule is CCOc1ccccc1-c1nc(CN(C)c2ccc(OC)cc2)co1. The molecule has 0 saturated heterocycles. The normalized spacial score (nSPS) is 10.5. The van der Waals surface area contributed by atoms with Gasteiger partial charge in [0.25, 0.3) is 0 Å². The summed E-state index contributed by atoms with van der Waals surface area (Å²) in [5.74, 6) is 2.19. The van der Waals surface area contributed by atoms with Crippen LogP contribution in [0.15, 0.2) is 59.2 Å². The highest BCUT2D eigenvalue weighted by Crippen LogP contribution is 2.29. The van der Waals surface area contributed by atoms with Gasteiger partial charge >= 0.3 is 0 Å². The van der Waals surface area contributed by atoms with Gasteiger partial charge in [0.1, 0.15) is 17.8 Å². The average Bonchev–Trinajstić information content (AvgIpc) is 3.11. The van der Waals surface area contributed by atoms with Gasteiger partial charge in [0.05, 0.1) is 31.5 Å². The van der Waals surface area contributed by atoms with Gasteiger partial charge in [-0.1, -0.05) is 12.1 Å². The molecule has 3 aromatic rings. The number of nitrogens with zero attached hydrogens (tertiary/aromatic N) is 2. The predicted octanol–water partition coefficient (Wildman–Crippen LogP) is 4.39. The van der Waals surface area contributed by atoms with Crippen molar-refractivity contribution in [2.24, 2.45) is 0 Å². The summed E-state index contributed by atoms with van der Waals surface area (Å²) in [5, 5.41) is 0. The van der Waals surface area contributed by atoms with Crippen LogP contribution < -0.4 is 14.4 Å². The van der Waals surface area contributed by atoms with E-state index >= 15 is 0 Å². The van der Waals surface area contributed by atoms with Crippen molar-refractivity contribution in [1.82, 2.24) is 4.98 Å². The van der Waals surface area contributed by atoms with E-state index in [0.717, 1.165) is 28.4 Å². The topological polar surface area (TPSA) is 47.7 Å².